The molecular weight excluding hydrogens is 461 g/mol. The van der Waals surface area contributed by atoms with E-state index >= 15 is 0 Å². The van der Waals surface area contributed by atoms with Crippen LogP contribution in [0.1, 0.15) is 16.7 Å². The lowest BCUT2D eigenvalue weighted by Gasteiger charge is -2.10. The number of rotatable bonds is 6. The molecule has 2 heterocycles. The summed E-state index contributed by atoms with van der Waals surface area (Å²) in [5.41, 5.74) is 4.44. The third-order valence-electron chi connectivity index (χ3n) is 5.15. The number of anilines is 1. The van der Waals surface area contributed by atoms with Gasteiger partial charge in [-0.25, -0.2) is 9.18 Å². The first-order chi connectivity index (χ1) is 17.5. The number of amides is 2. The molecule has 0 spiro atoms. The fraction of sp³-hybridized carbons (Fsp3) is 0.0741. The predicted octanol–water partition coefficient (Wildman–Crippen LogP) is 4.95. The van der Waals surface area contributed by atoms with Crippen LogP contribution < -0.4 is 10.6 Å². The van der Waals surface area contributed by atoms with Crippen LogP contribution in [-0.2, 0) is 6.42 Å². The Bertz CT molecular complexity index is 1430. The Hall–Kier alpha value is -5.10. The van der Waals surface area contributed by atoms with Gasteiger partial charge in [0.2, 0.25) is 0 Å². The van der Waals surface area contributed by atoms with Gasteiger partial charge in [-0.3, -0.25) is 4.98 Å². The molecular formula is C27H20FN5O3. The van der Waals surface area contributed by atoms with E-state index in [9.17, 15) is 19.3 Å². The molecule has 36 heavy (non-hydrogen) atoms. The number of benzene rings is 2. The van der Waals surface area contributed by atoms with Gasteiger partial charge in [0.1, 0.15) is 12.0 Å². The molecule has 0 saturated heterocycles. The molecule has 0 unspecified atom stereocenters. The number of carbonyl (C=O) groups excluding carboxylic acids is 1. The van der Waals surface area contributed by atoms with Crippen molar-refractivity contribution in [3.63, 3.8) is 0 Å². The first-order valence-electron chi connectivity index (χ1n) is 10.9. The fourth-order valence-electron chi connectivity index (χ4n) is 3.35. The lowest BCUT2D eigenvalue weighted by Crippen LogP contribution is -2.30. The second kappa shape index (κ2) is 11.4. The van der Waals surface area contributed by atoms with E-state index in [1.807, 2.05) is 18.2 Å². The lowest BCUT2D eigenvalue weighted by molar-refractivity contribution is -0.389. The summed E-state index contributed by atoms with van der Waals surface area (Å²) < 4.78 is 13.2. The van der Waals surface area contributed by atoms with Gasteiger partial charge in [-0.05, 0) is 87.6 Å². The number of pyridine rings is 2. The largest absolute Gasteiger partial charge is 0.363 e. The predicted molar refractivity (Wildman–Crippen MR) is 134 cm³/mol. The van der Waals surface area contributed by atoms with Gasteiger partial charge < -0.3 is 20.7 Å². The molecule has 178 valence electrons. The first-order valence-corrected chi connectivity index (χ1v) is 10.9. The Kier molecular flexibility index (Phi) is 7.58. The van der Waals surface area contributed by atoms with E-state index in [1.165, 1.54) is 24.4 Å². The lowest BCUT2D eigenvalue weighted by atomic mass is 10.00. The molecule has 9 heteroatoms. The van der Waals surface area contributed by atoms with Crippen molar-refractivity contribution in [1.29, 1.82) is 0 Å². The van der Waals surface area contributed by atoms with E-state index in [4.69, 9.17) is 0 Å². The maximum absolute atomic E-state index is 13.2. The Morgan fingerprint density at radius 2 is 1.78 bits per heavy atom. The van der Waals surface area contributed by atoms with Crippen molar-refractivity contribution in [3.8, 4) is 23.0 Å². The molecule has 0 bridgehead atoms. The number of nitro groups is 1. The summed E-state index contributed by atoms with van der Waals surface area (Å²) in [6, 6.07) is 17.6. The number of urea groups is 1. The minimum absolute atomic E-state index is 0.224. The molecule has 0 fully saturated rings. The molecule has 8 nitrogen and oxygen atoms in total. The zero-order chi connectivity index (χ0) is 25.3. The molecule has 0 saturated carbocycles. The monoisotopic (exact) mass is 481 g/mol. The average Bonchev–Trinajstić information content (AvgIpc) is 2.89. The Balaban J connectivity index is 1.46. The molecule has 4 aromatic rings. The standard InChI is InChI=1S/C27H20FN5O3/c28-23-6-2-19(3-7-23)1-5-22-17-24(8-9-25(22)21-12-14-29-15-13-21)32-27(34)30-16-11-20-4-10-26(31-18-20)33(35)36/h2-4,6-10,12-15,17-18H,11,16H2,(H2,30,32,34). The first kappa shape index (κ1) is 24.0. The summed E-state index contributed by atoms with van der Waals surface area (Å²) in [7, 11) is 0. The van der Waals surface area contributed by atoms with Crippen molar-refractivity contribution in [2.75, 3.05) is 11.9 Å². The summed E-state index contributed by atoms with van der Waals surface area (Å²) in [5, 5.41) is 16.2. The van der Waals surface area contributed by atoms with Crippen molar-refractivity contribution in [1.82, 2.24) is 15.3 Å². The topological polar surface area (TPSA) is 110 Å². The van der Waals surface area contributed by atoms with E-state index in [0.29, 0.717) is 29.8 Å². The summed E-state index contributed by atoms with van der Waals surface area (Å²) in [6.07, 6.45) is 5.26. The molecule has 0 aliphatic rings. The molecule has 0 aliphatic carbocycles. The Morgan fingerprint density at radius 1 is 1.00 bits per heavy atom. The normalized spacial score (nSPS) is 10.1. The highest BCUT2D eigenvalue weighted by molar-refractivity contribution is 5.90. The number of halogens is 1. The summed E-state index contributed by atoms with van der Waals surface area (Å²) in [5.74, 6) is 5.60. The van der Waals surface area contributed by atoms with Gasteiger partial charge in [-0.15, -0.1) is 0 Å². The third-order valence-corrected chi connectivity index (χ3v) is 5.15. The van der Waals surface area contributed by atoms with Crippen LogP contribution in [-0.4, -0.2) is 27.5 Å². The van der Waals surface area contributed by atoms with Crippen LogP contribution in [0.3, 0.4) is 0 Å². The van der Waals surface area contributed by atoms with Crippen LogP contribution in [0.2, 0.25) is 0 Å². The van der Waals surface area contributed by atoms with E-state index in [2.05, 4.69) is 32.4 Å². The summed E-state index contributed by atoms with van der Waals surface area (Å²) in [6.45, 7) is 0.317. The second-order valence-electron chi connectivity index (χ2n) is 7.67. The van der Waals surface area contributed by atoms with Gasteiger partial charge >= 0.3 is 11.8 Å². The van der Waals surface area contributed by atoms with Crippen molar-refractivity contribution in [3.05, 3.63) is 118 Å². The molecule has 2 aromatic carbocycles. The van der Waals surface area contributed by atoms with Crippen LogP contribution in [0, 0.1) is 27.8 Å². The second-order valence-corrected chi connectivity index (χ2v) is 7.67. The van der Waals surface area contributed by atoms with Gasteiger partial charge in [-0.2, -0.15) is 0 Å². The average molecular weight is 481 g/mol. The Labute approximate surface area is 206 Å². The van der Waals surface area contributed by atoms with Gasteiger partial charge in [0.05, 0.1) is 0 Å². The SMILES string of the molecule is O=C(NCCc1ccc([N+](=O)[O-])nc1)Nc1ccc(-c2ccncc2)c(C#Cc2ccc(F)cc2)c1. The van der Waals surface area contributed by atoms with Gasteiger partial charge in [-0.1, -0.05) is 17.9 Å². The van der Waals surface area contributed by atoms with Crippen LogP contribution in [0.5, 0.6) is 0 Å². The highest BCUT2D eigenvalue weighted by Crippen LogP contribution is 2.26. The summed E-state index contributed by atoms with van der Waals surface area (Å²) >= 11 is 0. The molecule has 2 aromatic heterocycles. The minimum atomic E-state index is -0.562. The molecule has 0 radical (unpaired) electrons. The van der Waals surface area contributed by atoms with Crippen LogP contribution >= 0.6 is 0 Å². The highest BCUT2D eigenvalue weighted by atomic mass is 19.1. The quantitative estimate of drug-likeness (QED) is 0.230. The van der Waals surface area contributed by atoms with Crippen molar-refractivity contribution >= 4 is 17.5 Å². The maximum atomic E-state index is 13.2. The van der Waals surface area contributed by atoms with Crippen molar-refractivity contribution in [2.45, 2.75) is 6.42 Å². The zero-order valence-electron chi connectivity index (χ0n) is 18.9. The molecule has 0 aliphatic heterocycles. The van der Waals surface area contributed by atoms with Crippen molar-refractivity contribution in [2.24, 2.45) is 0 Å². The van der Waals surface area contributed by atoms with Gasteiger partial charge in [0, 0.05) is 41.8 Å². The molecule has 0 atom stereocenters. The number of hydrogen-bond acceptors (Lipinski definition) is 5. The molecule has 4 rings (SSSR count). The maximum Gasteiger partial charge on any atom is 0.363 e. The van der Waals surface area contributed by atoms with Crippen LogP contribution in [0.15, 0.2) is 85.3 Å². The highest BCUT2D eigenvalue weighted by Gasteiger charge is 2.09. The number of nitrogens with zero attached hydrogens (tertiary/aromatic N) is 3. The summed E-state index contributed by atoms with van der Waals surface area (Å²) in [4.78, 5) is 30.4. The number of nitrogens with one attached hydrogen (secondary N) is 2. The van der Waals surface area contributed by atoms with E-state index < -0.39 is 11.0 Å². The van der Waals surface area contributed by atoms with E-state index in [-0.39, 0.29) is 11.6 Å². The number of carbonyl (C=O) groups is 1. The number of hydrogen-bond donors (Lipinski definition) is 2. The smallest absolute Gasteiger partial charge is 0.358 e. The molecule has 2 amide bonds. The Morgan fingerprint density at radius 3 is 2.47 bits per heavy atom. The minimum Gasteiger partial charge on any atom is -0.358 e. The fourth-order valence-corrected chi connectivity index (χ4v) is 3.35. The third kappa shape index (κ3) is 6.48. The van der Waals surface area contributed by atoms with Gasteiger partial charge in [0.15, 0.2) is 0 Å². The van der Waals surface area contributed by atoms with E-state index in [1.54, 1.807) is 42.7 Å². The van der Waals surface area contributed by atoms with Gasteiger partial charge in [0.25, 0.3) is 0 Å². The zero-order valence-corrected chi connectivity index (χ0v) is 18.9. The molecule has 2 N–H and O–H groups in total. The van der Waals surface area contributed by atoms with Crippen LogP contribution in [0.4, 0.5) is 20.7 Å². The number of aromatic nitrogens is 2. The van der Waals surface area contributed by atoms with Crippen molar-refractivity contribution < 1.29 is 14.1 Å². The van der Waals surface area contributed by atoms with E-state index in [0.717, 1.165) is 16.7 Å². The van der Waals surface area contributed by atoms with Crippen LogP contribution in [0.25, 0.3) is 11.1 Å².